The normalized spacial score (nSPS) is 31.8. The maximum atomic E-state index is 9.14. The molecule has 1 aromatic rings. The molecular weight excluding hydrogens is 196 g/mol. The van der Waals surface area contributed by atoms with Gasteiger partial charge in [-0.25, -0.2) is 0 Å². The van der Waals surface area contributed by atoms with Crippen LogP contribution in [0.5, 0.6) is 0 Å². The summed E-state index contributed by atoms with van der Waals surface area (Å²) in [6, 6.07) is 9.20. The molecule has 1 aliphatic carbocycles. The molecule has 1 unspecified atom stereocenters. The Morgan fingerprint density at radius 1 is 1.38 bits per heavy atom. The quantitative estimate of drug-likeness (QED) is 0.618. The number of hydrogen-bond donors (Lipinski definition) is 0. The number of nitriles is 1. The first-order valence-corrected chi connectivity index (χ1v) is 6.03. The van der Waals surface area contributed by atoms with Gasteiger partial charge in [0.05, 0.1) is 0 Å². The van der Waals surface area contributed by atoms with Crippen molar-refractivity contribution in [3.8, 4) is 6.19 Å². The van der Waals surface area contributed by atoms with Crippen molar-refractivity contribution >= 4 is 0 Å². The number of likely N-dealkylation sites (tertiary alicyclic amines) is 1. The van der Waals surface area contributed by atoms with Gasteiger partial charge in [-0.2, -0.15) is 5.26 Å². The van der Waals surface area contributed by atoms with Crippen molar-refractivity contribution in [2.45, 2.75) is 31.7 Å². The second kappa shape index (κ2) is 3.52. The molecule has 3 rings (SSSR count). The standard InChI is InChI=1S/C14H16N2/c1-10-8-16(9-15)12-6-11-4-2-3-5-13(11)14(10)7-12/h2-5,10,12,14H,6-8H2,1H3/t10-,12-,14?/m1/s1. The van der Waals surface area contributed by atoms with Gasteiger partial charge in [0.15, 0.2) is 6.19 Å². The lowest BCUT2D eigenvalue weighted by Gasteiger charge is -2.45. The van der Waals surface area contributed by atoms with Crippen LogP contribution in [0.1, 0.15) is 30.4 Å². The van der Waals surface area contributed by atoms with E-state index in [-0.39, 0.29) is 0 Å². The van der Waals surface area contributed by atoms with Crippen molar-refractivity contribution in [1.82, 2.24) is 4.90 Å². The van der Waals surface area contributed by atoms with E-state index in [1.807, 2.05) is 4.90 Å². The molecule has 1 saturated heterocycles. The largest absolute Gasteiger partial charge is 0.307 e. The first-order chi connectivity index (χ1) is 7.79. The molecular formula is C14H16N2. The zero-order valence-electron chi connectivity index (χ0n) is 9.56. The first kappa shape index (κ1) is 9.72. The number of benzene rings is 1. The average molecular weight is 212 g/mol. The lowest BCUT2D eigenvalue weighted by molar-refractivity contribution is 0.143. The van der Waals surface area contributed by atoms with Gasteiger partial charge in [0.25, 0.3) is 0 Å². The molecule has 2 aliphatic rings. The van der Waals surface area contributed by atoms with Gasteiger partial charge in [0, 0.05) is 12.6 Å². The molecule has 0 radical (unpaired) electrons. The zero-order valence-corrected chi connectivity index (χ0v) is 9.56. The highest BCUT2D eigenvalue weighted by atomic mass is 15.2. The fourth-order valence-corrected chi connectivity index (χ4v) is 3.32. The van der Waals surface area contributed by atoms with Crippen LogP contribution < -0.4 is 0 Å². The Bertz CT molecular complexity index is 446. The molecule has 0 saturated carbocycles. The van der Waals surface area contributed by atoms with Crippen LogP contribution in [0, 0.1) is 17.4 Å². The van der Waals surface area contributed by atoms with E-state index in [4.69, 9.17) is 5.26 Å². The molecule has 0 aromatic heterocycles. The SMILES string of the molecule is C[C@@H]1CN(C#N)[C@@H]2Cc3ccccc3C1C2. The Balaban J connectivity index is 2.03. The summed E-state index contributed by atoms with van der Waals surface area (Å²) in [5.41, 5.74) is 2.99. The Labute approximate surface area is 96.5 Å². The van der Waals surface area contributed by atoms with E-state index in [1.165, 1.54) is 11.1 Å². The molecule has 1 fully saturated rings. The van der Waals surface area contributed by atoms with Gasteiger partial charge in [-0.1, -0.05) is 31.2 Å². The second-order valence-electron chi connectivity index (χ2n) is 5.13. The lowest BCUT2D eigenvalue weighted by atomic mass is 9.71. The Morgan fingerprint density at radius 2 is 2.19 bits per heavy atom. The number of hydrogen-bond acceptors (Lipinski definition) is 2. The molecule has 2 heteroatoms. The third kappa shape index (κ3) is 1.31. The average Bonchev–Trinajstić information content (AvgIpc) is 2.33. The van der Waals surface area contributed by atoms with Crippen LogP contribution in [-0.4, -0.2) is 17.5 Å². The van der Waals surface area contributed by atoms with Gasteiger partial charge in [0.1, 0.15) is 0 Å². The molecule has 0 N–H and O–H groups in total. The number of rotatable bonds is 0. The van der Waals surface area contributed by atoms with Crippen molar-refractivity contribution in [2.24, 2.45) is 5.92 Å². The minimum Gasteiger partial charge on any atom is -0.307 e. The molecule has 1 heterocycles. The number of nitrogens with zero attached hydrogens (tertiary/aromatic N) is 2. The molecule has 2 bridgehead atoms. The summed E-state index contributed by atoms with van der Waals surface area (Å²) >= 11 is 0. The monoisotopic (exact) mass is 212 g/mol. The highest BCUT2D eigenvalue weighted by Crippen LogP contribution is 2.42. The van der Waals surface area contributed by atoms with Crippen molar-refractivity contribution in [2.75, 3.05) is 6.54 Å². The molecule has 0 amide bonds. The third-order valence-electron chi connectivity index (χ3n) is 4.18. The first-order valence-electron chi connectivity index (χ1n) is 6.03. The molecule has 2 nitrogen and oxygen atoms in total. The summed E-state index contributed by atoms with van der Waals surface area (Å²) in [5.74, 6) is 1.26. The summed E-state index contributed by atoms with van der Waals surface area (Å²) in [4.78, 5) is 1.98. The summed E-state index contributed by atoms with van der Waals surface area (Å²) < 4.78 is 0. The smallest absolute Gasteiger partial charge is 0.179 e. The molecule has 3 atom stereocenters. The fourth-order valence-electron chi connectivity index (χ4n) is 3.32. The van der Waals surface area contributed by atoms with Crippen LogP contribution in [0.2, 0.25) is 0 Å². The second-order valence-corrected chi connectivity index (χ2v) is 5.13. The summed E-state index contributed by atoms with van der Waals surface area (Å²) in [6.07, 6.45) is 4.56. The zero-order chi connectivity index (χ0) is 11.1. The minimum absolute atomic E-state index is 0.445. The Hall–Kier alpha value is -1.49. The fraction of sp³-hybridized carbons (Fsp3) is 0.500. The third-order valence-corrected chi connectivity index (χ3v) is 4.18. The van der Waals surface area contributed by atoms with Gasteiger partial charge in [-0.3, -0.25) is 0 Å². The maximum Gasteiger partial charge on any atom is 0.179 e. The van der Waals surface area contributed by atoms with E-state index in [0.717, 1.165) is 19.4 Å². The molecule has 82 valence electrons. The van der Waals surface area contributed by atoms with Crippen LogP contribution in [0.4, 0.5) is 0 Å². The van der Waals surface area contributed by atoms with Crippen molar-refractivity contribution in [3.05, 3.63) is 35.4 Å². The minimum atomic E-state index is 0.445. The van der Waals surface area contributed by atoms with Gasteiger partial charge in [-0.05, 0) is 35.8 Å². The van der Waals surface area contributed by atoms with E-state index < -0.39 is 0 Å². The van der Waals surface area contributed by atoms with E-state index in [1.54, 1.807) is 0 Å². The van der Waals surface area contributed by atoms with Gasteiger partial charge in [-0.15, -0.1) is 0 Å². The van der Waals surface area contributed by atoms with E-state index in [9.17, 15) is 0 Å². The van der Waals surface area contributed by atoms with Gasteiger partial charge < -0.3 is 4.90 Å². The highest BCUT2D eigenvalue weighted by Gasteiger charge is 2.38. The Kier molecular flexibility index (Phi) is 2.14. The van der Waals surface area contributed by atoms with Crippen LogP contribution in [0.3, 0.4) is 0 Å². The number of fused-ring (bicyclic) bond motifs is 4. The van der Waals surface area contributed by atoms with E-state index in [2.05, 4.69) is 37.4 Å². The van der Waals surface area contributed by atoms with Gasteiger partial charge in [0.2, 0.25) is 0 Å². The van der Waals surface area contributed by atoms with Gasteiger partial charge >= 0.3 is 0 Å². The predicted molar refractivity (Wildman–Crippen MR) is 62.8 cm³/mol. The summed E-state index contributed by atoms with van der Waals surface area (Å²) in [6.45, 7) is 3.20. The molecule has 1 aliphatic heterocycles. The topological polar surface area (TPSA) is 27.0 Å². The molecule has 0 spiro atoms. The van der Waals surface area contributed by atoms with E-state index in [0.29, 0.717) is 17.9 Å². The molecule has 1 aromatic carbocycles. The van der Waals surface area contributed by atoms with Crippen molar-refractivity contribution in [3.63, 3.8) is 0 Å². The van der Waals surface area contributed by atoms with Crippen LogP contribution >= 0.6 is 0 Å². The van der Waals surface area contributed by atoms with Crippen LogP contribution in [0.25, 0.3) is 0 Å². The maximum absolute atomic E-state index is 9.14. The van der Waals surface area contributed by atoms with Crippen LogP contribution in [0.15, 0.2) is 24.3 Å². The number of piperidine rings is 1. The van der Waals surface area contributed by atoms with Crippen molar-refractivity contribution in [1.29, 1.82) is 5.26 Å². The summed E-state index contributed by atoms with van der Waals surface area (Å²) in [5, 5.41) is 9.14. The van der Waals surface area contributed by atoms with Crippen molar-refractivity contribution < 1.29 is 0 Å². The molecule has 16 heavy (non-hydrogen) atoms. The predicted octanol–water partition coefficient (Wildman–Crippen LogP) is 2.52. The van der Waals surface area contributed by atoms with Crippen LogP contribution in [-0.2, 0) is 6.42 Å². The summed E-state index contributed by atoms with van der Waals surface area (Å²) in [7, 11) is 0. The highest BCUT2D eigenvalue weighted by molar-refractivity contribution is 5.35. The van der Waals surface area contributed by atoms with E-state index >= 15 is 0 Å². The lowest BCUT2D eigenvalue weighted by Crippen LogP contribution is -2.46. The Morgan fingerprint density at radius 3 is 3.00 bits per heavy atom.